The van der Waals surface area contributed by atoms with Crippen molar-refractivity contribution >= 4 is 5.91 Å². The Labute approximate surface area is 148 Å². The summed E-state index contributed by atoms with van der Waals surface area (Å²) in [6.07, 6.45) is 2.97. The topological polar surface area (TPSA) is 87.8 Å². The zero-order valence-electron chi connectivity index (χ0n) is 15.4. The molecule has 7 nitrogen and oxygen atoms in total. The Kier molecular flexibility index (Phi) is 5.46. The summed E-state index contributed by atoms with van der Waals surface area (Å²) in [5.41, 5.74) is 1.60. The van der Waals surface area contributed by atoms with Crippen molar-refractivity contribution in [3.05, 3.63) is 17.0 Å². The van der Waals surface area contributed by atoms with Crippen molar-refractivity contribution in [3.8, 4) is 0 Å². The SMILES string of the molecule is COCC1(C(=O)N[C@@H]2CCN(Cc3c(C)noc3C)C[C@H]2O)CCC1. The highest BCUT2D eigenvalue weighted by Gasteiger charge is 2.45. The average Bonchev–Trinajstić information content (AvgIpc) is 2.85. The number of aliphatic hydroxyl groups excluding tert-OH is 1. The smallest absolute Gasteiger partial charge is 0.228 e. The van der Waals surface area contributed by atoms with Gasteiger partial charge in [0.2, 0.25) is 5.91 Å². The number of methoxy groups -OCH3 is 1. The molecule has 0 bridgehead atoms. The van der Waals surface area contributed by atoms with Crippen molar-refractivity contribution in [1.29, 1.82) is 0 Å². The van der Waals surface area contributed by atoms with Crippen LogP contribution < -0.4 is 5.32 Å². The summed E-state index contributed by atoms with van der Waals surface area (Å²) < 4.78 is 10.4. The third kappa shape index (κ3) is 3.73. The van der Waals surface area contributed by atoms with Gasteiger partial charge in [0.05, 0.1) is 29.9 Å². The third-order valence-corrected chi connectivity index (χ3v) is 5.76. The summed E-state index contributed by atoms with van der Waals surface area (Å²) in [5.74, 6) is 0.859. The second kappa shape index (κ2) is 7.43. The quantitative estimate of drug-likeness (QED) is 0.800. The highest BCUT2D eigenvalue weighted by atomic mass is 16.5. The Balaban J connectivity index is 1.54. The largest absolute Gasteiger partial charge is 0.390 e. The first-order valence-corrected chi connectivity index (χ1v) is 9.07. The molecule has 0 aromatic carbocycles. The van der Waals surface area contributed by atoms with Crippen molar-refractivity contribution < 1.29 is 19.2 Å². The number of amides is 1. The minimum atomic E-state index is -0.571. The molecule has 1 aliphatic heterocycles. The van der Waals surface area contributed by atoms with Crippen LogP contribution in [-0.2, 0) is 16.1 Å². The van der Waals surface area contributed by atoms with E-state index < -0.39 is 6.10 Å². The summed E-state index contributed by atoms with van der Waals surface area (Å²) in [7, 11) is 1.63. The number of nitrogens with zero attached hydrogens (tertiary/aromatic N) is 2. The fraction of sp³-hybridized carbons (Fsp3) is 0.778. The molecule has 2 heterocycles. The molecule has 0 unspecified atom stereocenters. The summed E-state index contributed by atoms with van der Waals surface area (Å²) in [6.45, 7) is 6.37. The van der Waals surface area contributed by atoms with E-state index in [0.29, 0.717) is 19.7 Å². The molecule has 1 aliphatic carbocycles. The van der Waals surface area contributed by atoms with E-state index in [1.807, 2.05) is 13.8 Å². The molecular weight excluding hydrogens is 322 g/mol. The molecule has 1 aromatic heterocycles. The maximum absolute atomic E-state index is 12.6. The van der Waals surface area contributed by atoms with Gasteiger partial charge in [-0.3, -0.25) is 9.69 Å². The molecule has 2 atom stereocenters. The van der Waals surface area contributed by atoms with Crippen molar-refractivity contribution in [2.24, 2.45) is 5.41 Å². The van der Waals surface area contributed by atoms with E-state index in [2.05, 4.69) is 15.4 Å². The monoisotopic (exact) mass is 351 g/mol. The number of nitrogens with one attached hydrogen (secondary N) is 1. The minimum Gasteiger partial charge on any atom is -0.390 e. The van der Waals surface area contributed by atoms with Crippen LogP contribution in [0.4, 0.5) is 0 Å². The van der Waals surface area contributed by atoms with Crippen molar-refractivity contribution in [1.82, 2.24) is 15.4 Å². The van der Waals surface area contributed by atoms with E-state index in [-0.39, 0.29) is 17.4 Å². The van der Waals surface area contributed by atoms with Gasteiger partial charge in [-0.1, -0.05) is 11.6 Å². The lowest BCUT2D eigenvalue weighted by Crippen LogP contribution is -2.58. The van der Waals surface area contributed by atoms with Gasteiger partial charge >= 0.3 is 0 Å². The fourth-order valence-corrected chi connectivity index (χ4v) is 3.90. The Bertz CT molecular complexity index is 592. The van der Waals surface area contributed by atoms with Crippen molar-refractivity contribution in [2.45, 2.75) is 58.2 Å². The van der Waals surface area contributed by atoms with Crippen LogP contribution in [0.2, 0.25) is 0 Å². The molecule has 1 aromatic rings. The van der Waals surface area contributed by atoms with Gasteiger partial charge in [-0.25, -0.2) is 0 Å². The van der Waals surface area contributed by atoms with Gasteiger partial charge in [-0.15, -0.1) is 0 Å². The van der Waals surface area contributed by atoms with Gasteiger partial charge in [0.25, 0.3) is 0 Å². The number of carbonyl (C=O) groups excluding carboxylic acids is 1. The molecule has 140 valence electrons. The molecule has 25 heavy (non-hydrogen) atoms. The number of hydrogen-bond acceptors (Lipinski definition) is 6. The molecule has 1 amide bonds. The summed E-state index contributed by atoms with van der Waals surface area (Å²) in [5, 5.41) is 17.6. The number of β-amino-alcohol motifs (C(OH)–C–C–N with tert-alkyl or cyclic N) is 1. The molecule has 0 radical (unpaired) electrons. The van der Waals surface area contributed by atoms with E-state index >= 15 is 0 Å². The summed E-state index contributed by atoms with van der Waals surface area (Å²) in [4.78, 5) is 14.8. The van der Waals surface area contributed by atoms with Crippen LogP contribution in [0.5, 0.6) is 0 Å². The highest BCUT2D eigenvalue weighted by molar-refractivity contribution is 5.84. The van der Waals surface area contributed by atoms with E-state index in [1.165, 1.54) is 0 Å². The van der Waals surface area contributed by atoms with Gasteiger partial charge in [0, 0.05) is 32.3 Å². The molecule has 7 heteroatoms. The van der Waals surface area contributed by atoms with Gasteiger partial charge in [-0.05, 0) is 33.1 Å². The molecule has 2 fully saturated rings. The lowest BCUT2D eigenvalue weighted by Gasteiger charge is -2.42. The Hall–Kier alpha value is -1.44. The summed E-state index contributed by atoms with van der Waals surface area (Å²) >= 11 is 0. The normalized spacial score (nSPS) is 26.2. The first-order valence-electron chi connectivity index (χ1n) is 9.07. The number of carbonyl (C=O) groups is 1. The van der Waals surface area contributed by atoms with Crippen LogP contribution >= 0.6 is 0 Å². The maximum Gasteiger partial charge on any atom is 0.228 e. The summed E-state index contributed by atoms with van der Waals surface area (Å²) in [6, 6.07) is -0.192. The first-order chi connectivity index (χ1) is 11.9. The van der Waals surface area contributed by atoms with Crippen LogP contribution in [-0.4, -0.2) is 60.0 Å². The van der Waals surface area contributed by atoms with Crippen LogP contribution in [0, 0.1) is 19.3 Å². The number of ether oxygens (including phenoxy) is 1. The van der Waals surface area contributed by atoms with E-state index in [1.54, 1.807) is 7.11 Å². The number of likely N-dealkylation sites (tertiary alicyclic amines) is 1. The average molecular weight is 351 g/mol. The maximum atomic E-state index is 12.6. The zero-order valence-corrected chi connectivity index (χ0v) is 15.4. The van der Waals surface area contributed by atoms with Gasteiger partial charge in [0.1, 0.15) is 5.76 Å². The van der Waals surface area contributed by atoms with Crippen LogP contribution in [0.25, 0.3) is 0 Å². The fourth-order valence-electron chi connectivity index (χ4n) is 3.90. The van der Waals surface area contributed by atoms with Crippen molar-refractivity contribution in [3.63, 3.8) is 0 Å². The minimum absolute atomic E-state index is 0.0313. The highest BCUT2D eigenvalue weighted by Crippen LogP contribution is 2.41. The van der Waals surface area contributed by atoms with E-state index in [9.17, 15) is 9.90 Å². The Morgan fingerprint density at radius 1 is 1.48 bits per heavy atom. The lowest BCUT2D eigenvalue weighted by molar-refractivity contribution is -0.142. The molecular formula is C18H29N3O4. The lowest BCUT2D eigenvalue weighted by atomic mass is 9.68. The molecule has 2 aliphatic rings. The van der Waals surface area contributed by atoms with Crippen LogP contribution in [0.1, 0.15) is 42.7 Å². The standard InChI is InChI=1S/C18H29N3O4/c1-12-14(13(2)25-20-12)9-21-8-5-15(16(22)10-21)19-17(23)18(11-24-3)6-4-7-18/h15-16,22H,4-11H2,1-3H3,(H,19,23)/t15-,16-/m1/s1. The molecule has 1 saturated heterocycles. The number of aromatic nitrogens is 1. The third-order valence-electron chi connectivity index (χ3n) is 5.76. The second-order valence-electron chi connectivity index (χ2n) is 7.54. The van der Waals surface area contributed by atoms with Crippen LogP contribution in [0.3, 0.4) is 0 Å². The predicted octanol–water partition coefficient (Wildman–Crippen LogP) is 1.16. The number of piperidine rings is 1. The van der Waals surface area contributed by atoms with Gasteiger partial charge < -0.3 is 19.7 Å². The number of hydrogen-bond donors (Lipinski definition) is 2. The number of aliphatic hydroxyl groups is 1. The Morgan fingerprint density at radius 3 is 2.76 bits per heavy atom. The second-order valence-corrected chi connectivity index (χ2v) is 7.54. The molecule has 3 rings (SSSR count). The van der Waals surface area contributed by atoms with Crippen molar-refractivity contribution in [2.75, 3.05) is 26.8 Å². The zero-order chi connectivity index (χ0) is 18.0. The number of rotatable bonds is 6. The van der Waals surface area contributed by atoms with E-state index in [4.69, 9.17) is 9.26 Å². The van der Waals surface area contributed by atoms with Gasteiger partial charge in [-0.2, -0.15) is 0 Å². The Morgan fingerprint density at radius 2 is 2.24 bits per heavy atom. The van der Waals surface area contributed by atoms with E-state index in [0.717, 1.165) is 49.2 Å². The van der Waals surface area contributed by atoms with Crippen LogP contribution in [0.15, 0.2) is 4.52 Å². The number of aryl methyl sites for hydroxylation is 2. The predicted molar refractivity (Wildman–Crippen MR) is 92.0 cm³/mol. The molecule has 2 N–H and O–H groups in total. The molecule has 1 saturated carbocycles. The molecule has 0 spiro atoms. The first kappa shape index (κ1) is 18.4. The van der Waals surface area contributed by atoms with Gasteiger partial charge in [0.15, 0.2) is 0 Å².